The summed E-state index contributed by atoms with van der Waals surface area (Å²) < 4.78 is 4.94. The molecule has 358 valence electrons. The summed E-state index contributed by atoms with van der Waals surface area (Å²) >= 11 is 0. The molecule has 4 nitrogen and oxygen atoms in total. The van der Waals surface area contributed by atoms with Crippen molar-refractivity contribution in [1.82, 2.24) is 9.13 Å². The maximum absolute atomic E-state index is 2.49. The van der Waals surface area contributed by atoms with E-state index in [0.717, 1.165) is 51.9 Å². The Hall–Kier alpha value is -7.82. The number of hydrogen-bond donors (Lipinski definition) is 0. The van der Waals surface area contributed by atoms with Crippen molar-refractivity contribution in [2.75, 3.05) is 9.80 Å². The van der Waals surface area contributed by atoms with E-state index in [1.807, 2.05) is 0 Å². The summed E-state index contributed by atoms with van der Waals surface area (Å²) in [4.78, 5) is 4.76. The minimum atomic E-state index is 0.0628. The van der Waals surface area contributed by atoms with Crippen molar-refractivity contribution in [1.29, 1.82) is 0 Å². The van der Waals surface area contributed by atoms with Crippen LogP contribution >= 0.6 is 0 Å². The Morgan fingerprint density at radius 2 is 0.667 bits per heavy atom. The number of aromatic nitrogens is 2. The molecule has 0 radical (unpaired) electrons. The van der Waals surface area contributed by atoms with Crippen molar-refractivity contribution < 1.29 is 0 Å². The predicted octanol–water partition coefficient (Wildman–Crippen LogP) is 19.3. The van der Waals surface area contributed by atoms with Gasteiger partial charge in [-0.05, 0) is 160 Å². The van der Waals surface area contributed by atoms with Crippen LogP contribution in [0.4, 0.5) is 34.1 Å². The van der Waals surface area contributed by atoms with E-state index in [4.69, 9.17) is 0 Å². The fraction of sp³-hybridized carbons (Fsp3) is 0.206. The fourth-order valence-electron chi connectivity index (χ4n) is 10.7. The van der Waals surface area contributed by atoms with E-state index in [0.29, 0.717) is 0 Å². The third-order valence-corrected chi connectivity index (χ3v) is 14.8. The first-order valence-electron chi connectivity index (χ1n) is 25.7. The molecule has 0 fully saturated rings. The molecule has 2 aromatic heterocycles. The molecule has 11 aromatic rings. The van der Waals surface area contributed by atoms with Gasteiger partial charge in [-0.25, -0.2) is 0 Å². The first-order valence-corrected chi connectivity index (χ1v) is 25.7. The predicted molar refractivity (Wildman–Crippen MR) is 310 cm³/mol. The number of anilines is 6. The van der Waals surface area contributed by atoms with Crippen molar-refractivity contribution in [3.8, 4) is 11.4 Å². The molecule has 4 heteroatoms. The lowest BCUT2D eigenvalue weighted by Gasteiger charge is -2.28. The van der Waals surface area contributed by atoms with Crippen LogP contribution in [0.2, 0.25) is 0 Å². The van der Waals surface area contributed by atoms with Crippen LogP contribution in [-0.4, -0.2) is 9.13 Å². The van der Waals surface area contributed by atoms with Gasteiger partial charge in [-0.3, -0.25) is 0 Å². The lowest BCUT2D eigenvalue weighted by Crippen LogP contribution is -2.14. The third kappa shape index (κ3) is 8.33. The molecule has 0 atom stereocenters. The van der Waals surface area contributed by atoms with Crippen LogP contribution in [0, 0.1) is 0 Å². The summed E-state index contributed by atoms with van der Waals surface area (Å²) in [6.07, 6.45) is 1.01. The van der Waals surface area contributed by atoms with Crippen molar-refractivity contribution in [2.24, 2.45) is 0 Å². The molecule has 0 spiro atoms. The highest BCUT2D eigenvalue weighted by atomic mass is 15.1. The van der Waals surface area contributed by atoms with Crippen LogP contribution in [0.3, 0.4) is 0 Å². The van der Waals surface area contributed by atoms with Gasteiger partial charge in [-0.1, -0.05) is 160 Å². The zero-order valence-electron chi connectivity index (χ0n) is 43.6. The van der Waals surface area contributed by atoms with Crippen molar-refractivity contribution in [3.05, 3.63) is 229 Å². The number of fused-ring (bicyclic) bond motifs is 7. The summed E-state index contributed by atoms with van der Waals surface area (Å²) in [6, 6.07) is 77.0. The molecule has 0 bridgehead atoms. The van der Waals surface area contributed by atoms with Gasteiger partial charge < -0.3 is 18.9 Å². The molecule has 11 rings (SSSR count). The van der Waals surface area contributed by atoms with Gasteiger partial charge in [-0.2, -0.15) is 0 Å². The van der Waals surface area contributed by atoms with Crippen LogP contribution < -0.4 is 9.80 Å². The Bertz CT molecular complexity index is 3660. The molecule has 0 unspecified atom stereocenters. The van der Waals surface area contributed by atoms with Crippen molar-refractivity contribution in [2.45, 2.75) is 91.9 Å². The second kappa shape index (κ2) is 17.8. The SMILES string of the molecule is CCc1ccc(N(c2ccc(-n3c4ccccc4c4c3ccc3c5ccccc5n(-c5ccc(N(c6ccc(C(C)(C)C)cc6)c6ccc(C(C)(C)C)cc6)cc5)c34)cc2)c2ccc(C(C)(C)C)cc2)cc1. The van der Waals surface area contributed by atoms with Crippen LogP contribution in [0.15, 0.2) is 206 Å². The third-order valence-electron chi connectivity index (χ3n) is 14.8. The minimum Gasteiger partial charge on any atom is -0.311 e. The van der Waals surface area contributed by atoms with Gasteiger partial charge in [-0.15, -0.1) is 0 Å². The van der Waals surface area contributed by atoms with Gasteiger partial charge in [0.05, 0.1) is 22.1 Å². The molecule has 0 amide bonds. The zero-order valence-corrected chi connectivity index (χ0v) is 43.6. The van der Waals surface area contributed by atoms with E-state index >= 15 is 0 Å². The lowest BCUT2D eigenvalue weighted by atomic mass is 9.86. The molecule has 0 N–H and O–H groups in total. The largest absolute Gasteiger partial charge is 0.311 e. The highest BCUT2D eigenvalue weighted by Crippen LogP contribution is 2.44. The average molecular weight is 939 g/mol. The topological polar surface area (TPSA) is 16.3 Å². The van der Waals surface area contributed by atoms with Crippen LogP contribution in [0.5, 0.6) is 0 Å². The second-order valence-electron chi connectivity index (χ2n) is 22.7. The van der Waals surface area contributed by atoms with E-state index in [2.05, 4.69) is 294 Å². The minimum absolute atomic E-state index is 0.0628. The summed E-state index contributed by atoms with van der Waals surface area (Å²) in [6.45, 7) is 22.7. The van der Waals surface area contributed by atoms with Crippen LogP contribution in [0.1, 0.15) is 91.5 Å². The number of rotatable bonds is 9. The van der Waals surface area contributed by atoms with Crippen molar-refractivity contribution in [3.63, 3.8) is 0 Å². The highest BCUT2D eigenvalue weighted by Gasteiger charge is 2.24. The first-order chi connectivity index (χ1) is 34.6. The quantitative estimate of drug-likeness (QED) is 0.143. The molecule has 0 aliphatic rings. The molecule has 9 aromatic carbocycles. The average Bonchev–Trinajstić information content (AvgIpc) is 3.90. The van der Waals surface area contributed by atoms with Gasteiger partial charge in [0.1, 0.15) is 0 Å². The van der Waals surface area contributed by atoms with Gasteiger partial charge >= 0.3 is 0 Å². The Morgan fingerprint density at radius 1 is 0.319 bits per heavy atom. The van der Waals surface area contributed by atoms with E-state index in [-0.39, 0.29) is 16.2 Å². The Morgan fingerprint density at radius 3 is 1.07 bits per heavy atom. The van der Waals surface area contributed by atoms with Gasteiger partial charge in [0.2, 0.25) is 0 Å². The van der Waals surface area contributed by atoms with E-state index in [1.54, 1.807) is 0 Å². The number of hydrogen-bond acceptors (Lipinski definition) is 2. The maximum Gasteiger partial charge on any atom is 0.0641 e. The van der Waals surface area contributed by atoms with Gasteiger partial charge in [0.25, 0.3) is 0 Å². The molecule has 2 heterocycles. The van der Waals surface area contributed by atoms with Crippen molar-refractivity contribution >= 4 is 77.7 Å². The first kappa shape index (κ1) is 46.6. The number of aryl methyl sites for hydroxylation is 1. The van der Waals surface area contributed by atoms with Gasteiger partial charge in [0.15, 0.2) is 0 Å². The molecule has 0 aliphatic carbocycles. The second-order valence-corrected chi connectivity index (χ2v) is 22.7. The zero-order chi connectivity index (χ0) is 50.1. The molecule has 0 saturated carbocycles. The summed E-state index contributed by atoms with van der Waals surface area (Å²) in [5.41, 5.74) is 19.2. The molecule has 72 heavy (non-hydrogen) atoms. The van der Waals surface area contributed by atoms with E-state index in [9.17, 15) is 0 Å². The maximum atomic E-state index is 2.49. The molecular weight excluding hydrogens is 873 g/mol. The number of benzene rings is 9. The number of para-hydroxylation sites is 2. The number of nitrogens with zero attached hydrogens (tertiary/aromatic N) is 4. The van der Waals surface area contributed by atoms with E-state index in [1.165, 1.54) is 65.9 Å². The molecule has 0 aliphatic heterocycles. The van der Waals surface area contributed by atoms with E-state index < -0.39 is 0 Å². The molecular formula is C68H66N4. The summed E-state index contributed by atoms with van der Waals surface area (Å²) in [5.74, 6) is 0. The lowest BCUT2D eigenvalue weighted by molar-refractivity contribution is 0.590. The normalized spacial score (nSPS) is 12.4. The highest BCUT2D eigenvalue weighted by molar-refractivity contribution is 6.26. The van der Waals surface area contributed by atoms with Crippen LogP contribution in [-0.2, 0) is 22.7 Å². The Kier molecular flexibility index (Phi) is 11.5. The molecule has 0 saturated heterocycles. The van der Waals surface area contributed by atoms with Gasteiger partial charge in [0, 0.05) is 67.0 Å². The Labute approximate surface area is 426 Å². The fourth-order valence-corrected chi connectivity index (χ4v) is 10.7. The summed E-state index contributed by atoms with van der Waals surface area (Å²) in [5, 5.41) is 4.94. The Balaban J connectivity index is 1.04. The smallest absolute Gasteiger partial charge is 0.0641 e. The monoisotopic (exact) mass is 939 g/mol. The summed E-state index contributed by atoms with van der Waals surface area (Å²) in [7, 11) is 0. The van der Waals surface area contributed by atoms with Crippen LogP contribution in [0.25, 0.3) is 55.0 Å². The standard InChI is InChI=1S/C68H66N4/c1-11-46-20-28-50(29-21-46)69(51-30-22-47(23-31-51)66(2,3)4)54-36-40-56(41-37-54)71-62-19-15-13-17-60(62)64-63(71)45-44-59-58-16-12-14-18-61(58)72(65(59)64)57-42-38-55(39-43-57)70(52-32-24-48(25-33-52)67(5,6)7)53-34-26-49(27-35-53)68(8,9)10/h12-45H,11H2,1-10H3.